The number of aromatic nitrogens is 1. The van der Waals surface area contributed by atoms with E-state index in [1.807, 2.05) is 11.8 Å². The van der Waals surface area contributed by atoms with E-state index in [0.717, 1.165) is 36.2 Å². The van der Waals surface area contributed by atoms with E-state index < -0.39 is 29.5 Å². The minimum atomic E-state index is -4.54. The van der Waals surface area contributed by atoms with E-state index in [0.29, 0.717) is 48.4 Å². The lowest BCUT2D eigenvalue weighted by molar-refractivity contribution is -0.137. The molecule has 0 radical (unpaired) electrons. The molecule has 9 nitrogen and oxygen atoms in total. The van der Waals surface area contributed by atoms with Gasteiger partial charge in [-0.1, -0.05) is 30.3 Å². The summed E-state index contributed by atoms with van der Waals surface area (Å²) in [6.07, 6.45) is -0.0415. The normalized spacial score (nSPS) is 16.0. The van der Waals surface area contributed by atoms with Crippen molar-refractivity contribution in [3.05, 3.63) is 83.2 Å². The van der Waals surface area contributed by atoms with E-state index in [9.17, 15) is 27.6 Å². The van der Waals surface area contributed by atoms with Crippen LogP contribution in [0, 0.1) is 5.92 Å². The third-order valence-electron chi connectivity index (χ3n) is 8.20. The van der Waals surface area contributed by atoms with E-state index in [4.69, 9.17) is 4.74 Å². The quantitative estimate of drug-likeness (QED) is 0.295. The van der Waals surface area contributed by atoms with Gasteiger partial charge < -0.3 is 25.2 Å². The maximum Gasteiger partial charge on any atom is 0.416 e. The molecular weight excluding hydrogens is 611 g/mol. The summed E-state index contributed by atoms with van der Waals surface area (Å²) in [5, 5.41) is 5.59. The number of pyridine rings is 1. The van der Waals surface area contributed by atoms with Gasteiger partial charge in [-0.3, -0.25) is 14.6 Å². The Morgan fingerprint density at radius 3 is 2.26 bits per heavy atom. The fourth-order valence-electron chi connectivity index (χ4n) is 5.47. The van der Waals surface area contributed by atoms with Crippen LogP contribution in [0.25, 0.3) is 11.1 Å². The van der Waals surface area contributed by atoms with Crippen molar-refractivity contribution >= 4 is 23.6 Å². The monoisotopic (exact) mass is 651 g/mol. The number of carbonyl (C=O) groups is 3. The summed E-state index contributed by atoms with van der Waals surface area (Å²) >= 11 is 0. The number of anilines is 1. The van der Waals surface area contributed by atoms with E-state index in [2.05, 4.69) is 20.5 Å². The molecule has 250 valence electrons. The number of nitrogens with zero attached hydrogens (tertiary/aromatic N) is 3. The zero-order chi connectivity index (χ0) is 33.9. The van der Waals surface area contributed by atoms with Crippen molar-refractivity contribution in [1.29, 1.82) is 0 Å². The lowest BCUT2D eigenvalue weighted by Gasteiger charge is -2.36. The van der Waals surface area contributed by atoms with Crippen LogP contribution >= 0.6 is 0 Å². The second kappa shape index (κ2) is 13.6. The van der Waals surface area contributed by atoms with Gasteiger partial charge in [-0.05, 0) is 81.0 Å². The first-order chi connectivity index (χ1) is 22.2. The zero-order valence-electron chi connectivity index (χ0n) is 27.0. The summed E-state index contributed by atoms with van der Waals surface area (Å²) in [5.74, 6) is 0.120. The van der Waals surface area contributed by atoms with Crippen LogP contribution in [0.15, 0.2) is 60.9 Å². The second-order valence-electron chi connectivity index (χ2n) is 13.1. The summed E-state index contributed by atoms with van der Waals surface area (Å²) in [6, 6.07) is 11.7. The molecule has 12 heteroatoms. The molecule has 2 heterocycles. The van der Waals surface area contributed by atoms with Crippen molar-refractivity contribution in [2.45, 2.75) is 64.9 Å². The second-order valence-corrected chi connectivity index (χ2v) is 13.1. The molecule has 0 bridgehead atoms. The molecule has 2 N–H and O–H groups in total. The Hall–Kier alpha value is -4.61. The highest BCUT2D eigenvalue weighted by Crippen LogP contribution is 2.35. The van der Waals surface area contributed by atoms with Crippen LogP contribution in [0.4, 0.5) is 23.7 Å². The standard InChI is InChI=1S/C35H40F3N5O4/c1-22(41-31(44)27-17-29(21-39-19-27)42-13-15-43(16-14-42)32(45)25-9-10-25)23-5-7-24(8-6-23)30-18-28(35(36,37)38)12-11-26(30)20-40-33(46)47-34(2,3)4/h5-8,11-12,17-19,21-22,25H,9-10,13-16,20H2,1-4H3,(H,40,46)(H,41,44)/t22-/m1/s1. The first-order valence-corrected chi connectivity index (χ1v) is 15.7. The van der Waals surface area contributed by atoms with Gasteiger partial charge >= 0.3 is 12.3 Å². The minimum Gasteiger partial charge on any atom is -0.444 e. The van der Waals surface area contributed by atoms with Gasteiger partial charge in [0.1, 0.15) is 5.60 Å². The molecule has 1 aliphatic heterocycles. The number of benzene rings is 2. The van der Waals surface area contributed by atoms with Gasteiger partial charge in [0.15, 0.2) is 0 Å². The fraction of sp³-hybridized carbons (Fsp3) is 0.429. The third-order valence-corrected chi connectivity index (χ3v) is 8.20. The molecular formula is C35H40F3N5O4. The molecule has 2 fully saturated rings. The van der Waals surface area contributed by atoms with E-state index in [1.165, 1.54) is 12.3 Å². The van der Waals surface area contributed by atoms with Gasteiger partial charge in [-0.2, -0.15) is 13.2 Å². The first-order valence-electron chi connectivity index (χ1n) is 15.7. The third kappa shape index (κ3) is 8.81. The number of halogens is 3. The molecule has 2 aliphatic rings. The average molecular weight is 652 g/mol. The number of hydrogen-bond acceptors (Lipinski definition) is 6. The number of amides is 3. The van der Waals surface area contributed by atoms with Crippen molar-refractivity contribution in [3.63, 3.8) is 0 Å². The summed E-state index contributed by atoms with van der Waals surface area (Å²) in [7, 11) is 0. The maximum absolute atomic E-state index is 13.6. The van der Waals surface area contributed by atoms with Crippen molar-refractivity contribution in [3.8, 4) is 11.1 Å². The summed E-state index contributed by atoms with van der Waals surface area (Å²) < 4.78 is 46.1. The van der Waals surface area contributed by atoms with Crippen molar-refractivity contribution in [1.82, 2.24) is 20.5 Å². The number of nitrogens with one attached hydrogen (secondary N) is 2. The number of rotatable bonds is 8. The van der Waals surface area contributed by atoms with Crippen molar-refractivity contribution < 1.29 is 32.3 Å². The Bertz CT molecular complexity index is 1610. The van der Waals surface area contributed by atoms with Gasteiger partial charge in [-0.15, -0.1) is 0 Å². The average Bonchev–Trinajstić information content (AvgIpc) is 3.88. The Balaban J connectivity index is 1.24. The van der Waals surface area contributed by atoms with E-state index in [1.54, 1.807) is 57.3 Å². The van der Waals surface area contributed by atoms with E-state index >= 15 is 0 Å². The van der Waals surface area contributed by atoms with Gasteiger partial charge in [0.05, 0.1) is 29.1 Å². The lowest BCUT2D eigenvalue weighted by atomic mass is 9.95. The van der Waals surface area contributed by atoms with Crippen LogP contribution in [0.3, 0.4) is 0 Å². The number of hydrogen-bond donors (Lipinski definition) is 2. The highest BCUT2D eigenvalue weighted by molar-refractivity contribution is 5.95. The van der Waals surface area contributed by atoms with Crippen molar-refractivity contribution in [2.24, 2.45) is 5.92 Å². The molecule has 2 aromatic carbocycles. The van der Waals surface area contributed by atoms with Crippen LogP contribution in [0.2, 0.25) is 0 Å². The van der Waals surface area contributed by atoms with Gasteiger partial charge in [-0.25, -0.2) is 4.79 Å². The molecule has 1 saturated carbocycles. The summed E-state index contributed by atoms with van der Waals surface area (Å²) in [4.78, 5) is 46.1. The summed E-state index contributed by atoms with van der Waals surface area (Å²) in [6.45, 7) is 9.56. The van der Waals surface area contributed by atoms with Crippen LogP contribution in [-0.2, 0) is 22.3 Å². The number of piperazine rings is 1. The van der Waals surface area contributed by atoms with E-state index in [-0.39, 0.29) is 24.3 Å². The number of alkyl carbamates (subject to hydrolysis) is 1. The van der Waals surface area contributed by atoms with Gasteiger partial charge in [0.25, 0.3) is 5.91 Å². The molecule has 5 rings (SSSR count). The Morgan fingerprint density at radius 2 is 1.64 bits per heavy atom. The van der Waals surface area contributed by atoms with Crippen LogP contribution in [-0.4, -0.2) is 59.6 Å². The van der Waals surface area contributed by atoms with Crippen LogP contribution < -0.4 is 15.5 Å². The Morgan fingerprint density at radius 1 is 0.957 bits per heavy atom. The predicted octanol–water partition coefficient (Wildman–Crippen LogP) is 6.34. The molecule has 1 aliphatic carbocycles. The Labute approximate surface area is 272 Å². The minimum absolute atomic E-state index is 0.0298. The highest BCUT2D eigenvalue weighted by Gasteiger charge is 2.35. The first kappa shape index (κ1) is 33.7. The number of alkyl halides is 3. The Kier molecular flexibility index (Phi) is 9.78. The topological polar surface area (TPSA) is 104 Å². The number of carbonyl (C=O) groups excluding carboxylic acids is 3. The SMILES string of the molecule is C[C@@H](NC(=O)c1cncc(N2CCN(C(=O)C3CC3)CC2)c1)c1ccc(-c2cc(C(F)(F)F)ccc2CNC(=O)OC(C)(C)C)cc1. The largest absolute Gasteiger partial charge is 0.444 e. The highest BCUT2D eigenvalue weighted by atomic mass is 19.4. The number of ether oxygens (including phenoxy) is 1. The molecule has 0 spiro atoms. The van der Waals surface area contributed by atoms with Gasteiger partial charge in [0.2, 0.25) is 5.91 Å². The molecule has 1 atom stereocenters. The lowest BCUT2D eigenvalue weighted by Crippen LogP contribution is -2.49. The maximum atomic E-state index is 13.6. The smallest absolute Gasteiger partial charge is 0.416 e. The fourth-order valence-corrected chi connectivity index (χ4v) is 5.47. The summed E-state index contributed by atoms with van der Waals surface area (Å²) in [5.41, 5.74) is 1.77. The molecule has 3 aromatic rings. The molecule has 1 saturated heterocycles. The van der Waals surface area contributed by atoms with Gasteiger partial charge in [0, 0.05) is 44.8 Å². The van der Waals surface area contributed by atoms with Crippen LogP contribution in [0.5, 0.6) is 0 Å². The van der Waals surface area contributed by atoms with Crippen LogP contribution in [0.1, 0.15) is 73.6 Å². The van der Waals surface area contributed by atoms with Crippen molar-refractivity contribution in [2.75, 3.05) is 31.1 Å². The molecule has 1 aromatic heterocycles. The predicted molar refractivity (Wildman–Crippen MR) is 172 cm³/mol. The zero-order valence-corrected chi connectivity index (χ0v) is 27.0. The molecule has 0 unspecified atom stereocenters. The molecule has 47 heavy (non-hydrogen) atoms. The molecule has 3 amide bonds.